The maximum absolute atomic E-state index is 9.10. The normalized spacial score (nSPS) is 11.9. The Morgan fingerprint density at radius 2 is 2.17 bits per heavy atom. The zero-order valence-corrected chi connectivity index (χ0v) is 10.8. The zero-order valence-electron chi connectivity index (χ0n) is 5.87. The minimum absolute atomic E-state index is 0. The van der Waals surface area contributed by atoms with E-state index in [9.17, 15) is 0 Å². The van der Waals surface area contributed by atoms with E-state index in [1.807, 2.05) is 0 Å². The van der Waals surface area contributed by atoms with Crippen LogP contribution in [0.5, 0.6) is 0 Å². The third kappa shape index (κ3) is 3.01. The molecule has 0 aliphatic heterocycles. The maximum atomic E-state index is 9.10. The molecule has 0 bridgehead atoms. The van der Waals surface area contributed by atoms with Crippen LogP contribution in [0.3, 0.4) is 0 Å². The van der Waals surface area contributed by atoms with E-state index in [1.54, 1.807) is 12.3 Å². The standard InChI is InChI=1S/C6H6Br2N2O.BrH/c7-3-1-4(5(8)11)6(9)10-2-3;/h1-2,5,11H,(H2,9,10);1H. The minimum atomic E-state index is -0.757. The van der Waals surface area contributed by atoms with E-state index >= 15 is 0 Å². The van der Waals surface area contributed by atoms with Crippen molar-refractivity contribution < 1.29 is 5.11 Å². The summed E-state index contributed by atoms with van der Waals surface area (Å²) >= 11 is 6.20. The number of pyridine rings is 1. The molecular formula is C6H7Br3N2O. The molecule has 1 rings (SSSR count). The predicted molar refractivity (Wildman–Crippen MR) is 60.6 cm³/mol. The van der Waals surface area contributed by atoms with Gasteiger partial charge in [0.05, 0.1) is 0 Å². The highest BCUT2D eigenvalue weighted by atomic mass is 79.9. The average molecular weight is 363 g/mol. The van der Waals surface area contributed by atoms with Gasteiger partial charge in [0.15, 0.2) is 0 Å². The molecule has 0 amide bonds. The van der Waals surface area contributed by atoms with Crippen LogP contribution in [0.4, 0.5) is 5.82 Å². The van der Waals surface area contributed by atoms with E-state index in [4.69, 9.17) is 10.8 Å². The van der Waals surface area contributed by atoms with Crippen molar-refractivity contribution in [3.8, 4) is 0 Å². The van der Waals surface area contributed by atoms with Crippen LogP contribution in [0.25, 0.3) is 0 Å². The highest BCUT2D eigenvalue weighted by Gasteiger charge is 2.07. The molecule has 12 heavy (non-hydrogen) atoms. The molecule has 0 aliphatic carbocycles. The Morgan fingerprint density at radius 1 is 1.58 bits per heavy atom. The summed E-state index contributed by atoms with van der Waals surface area (Å²) in [5, 5.41) is 8.35. The molecule has 68 valence electrons. The molecule has 1 atom stereocenters. The summed E-state index contributed by atoms with van der Waals surface area (Å²) < 4.78 is 0.792. The monoisotopic (exact) mass is 360 g/mol. The summed E-state index contributed by atoms with van der Waals surface area (Å²) in [4.78, 5) is 3.84. The number of hydrogen-bond acceptors (Lipinski definition) is 3. The molecular weight excluding hydrogens is 356 g/mol. The Hall–Kier alpha value is 0.350. The van der Waals surface area contributed by atoms with Gasteiger partial charge in [-0.2, -0.15) is 0 Å². The van der Waals surface area contributed by atoms with E-state index in [1.165, 1.54) is 0 Å². The third-order valence-corrected chi connectivity index (χ3v) is 2.10. The van der Waals surface area contributed by atoms with Crippen LogP contribution in [0.1, 0.15) is 10.6 Å². The summed E-state index contributed by atoms with van der Waals surface area (Å²) in [6.07, 6.45) is 1.58. The minimum Gasteiger partial charge on any atom is -0.383 e. The number of aliphatic hydroxyl groups excluding tert-OH is 1. The molecule has 0 saturated carbocycles. The van der Waals surface area contributed by atoms with Crippen LogP contribution in [0.2, 0.25) is 0 Å². The first kappa shape index (κ1) is 12.3. The van der Waals surface area contributed by atoms with Crippen LogP contribution >= 0.6 is 48.8 Å². The first-order valence-electron chi connectivity index (χ1n) is 2.84. The lowest BCUT2D eigenvalue weighted by Gasteiger charge is -2.05. The molecule has 0 aliphatic rings. The number of alkyl halides is 1. The van der Waals surface area contributed by atoms with E-state index < -0.39 is 5.01 Å². The molecule has 3 nitrogen and oxygen atoms in total. The first-order valence-corrected chi connectivity index (χ1v) is 4.55. The Morgan fingerprint density at radius 3 is 2.58 bits per heavy atom. The van der Waals surface area contributed by atoms with Gasteiger partial charge >= 0.3 is 0 Å². The predicted octanol–water partition coefficient (Wildman–Crippen LogP) is 2.39. The Balaban J connectivity index is 0.00000121. The van der Waals surface area contributed by atoms with Crippen molar-refractivity contribution in [1.82, 2.24) is 4.98 Å². The second kappa shape index (κ2) is 5.16. The van der Waals surface area contributed by atoms with Gasteiger partial charge in [0, 0.05) is 16.2 Å². The highest BCUT2D eigenvalue weighted by molar-refractivity contribution is 9.10. The fraction of sp³-hybridized carbons (Fsp3) is 0.167. The number of hydrogen-bond donors (Lipinski definition) is 2. The summed E-state index contributed by atoms with van der Waals surface area (Å²) in [5.41, 5.74) is 6.04. The molecule has 1 heterocycles. The Bertz CT molecular complexity index is 267. The van der Waals surface area contributed by atoms with E-state index in [0.29, 0.717) is 11.4 Å². The molecule has 3 N–H and O–H groups in total. The van der Waals surface area contributed by atoms with Gasteiger partial charge < -0.3 is 10.8 Å². The SMILES string of the molecule is Br.Nc1ncc(Br)cc1C(O)Br. The number of nitrogens with two attached hydrogens (primary N) is 1. The van der Waals surface area contributed by atoms with Gasteiger partial charge in [0.2, 0.25) is 0 Å². The number of aliphatic hydroxyl groups is 1. The van der Waals surface area contributed by atoms with Crippen LogP contribution in [-0.4, -0.2) is 10.1 Å². The molecule has 6 heteroatoms. The third-order valence-electron chi connectivity index (χ3n) is 1.17. The largest absolute Gasteiger partial charge is 0.383 e. The molecule has 1 aromatic rings. The number of halogens is 3. The molecule has 0 saturated heterocycles. The van der Waals surface area contributed by atoms with E-state index in [-0.39, 0.29) is 17.0 Å². The van der Waals surface area contributed by atoms with Crippen LogP contribution in [0, 0.1) is 0 Å². The smallest absolute Gasteiger partial charge is 0.137 e. The average Bonchev–Trinajstić information content (AvgIpc) is 1.94. The van der Waals surface area contributed by atoms with E-state index in [0.717, 1.165) is 4.47 Å². The fourth-order valence-electron chi connectivity index (χ4n) is 0.656. The van der Waals surface area contributed by atoms with Crippen molar-refractivity contribution in [2.75, 3.05) is 5.73 Å². The molecule has 0 fully saturated rings. The number of aromatic nitrogens is 1. The van der Waals surface area contributed by atoms with Crippen LogP contribution in [0.15, 0.2) is 16.7 Å². The summed E-state index contributed by atoms with van der Waals surface area (Å²) in [6, 6.07) is 1.71. The van der Waals surface area contributed by atoms with Crippen molar-refractivity contribution in [2.45, 2.75) is 5.01 Å². The van der Waals surface area contributed by atoms with Crippen LogP contribution in [-0.2, 0) is 0 Å². The lowest BCUT2D eigenvalue weighted by molar-refractivity contribution is 0.277. The van der Waals surface area contributed by atoms with Gasteiger partial charge in [0.25, 0.3) is 0 Å². The van der Waals surface area contributed by atoms with Gasteiger partial charge in [-0.25, -0.2) is 4.98 Å². The first-order chi connectivity index (χ1) is 5.11. The van der Waals surface area contributed by atoms with Gasteiger partial charge in [-0.3, -0.25) is 0 Å². The van der Waals surface area contributed by atoms with Gasteiger partial charge in [-0.1, -0.05) is 15.9 Å². The van der Waals surface area contributed by atoms with Crippen molar-refractivity contribution in [3.05, 3.63) is 22.3 Å². The molecule has 0 spiro atoms. The van der Waals surface area contributed by atoms with Crippen molar-refractivity contribution in [3.63, 3.8) is 0 Å². The Labute approximate surface area is 97.4 Å². The topological polar surface area (TPSA) is 59.1 Å². The maximum Gasteiger partial charge on any atom is 0.137 e. The van der Waals surface area contributed by atoms with Gasteiger partial charge in [-0.05, 0) is 22.0 Å². The number of anilines is 1. The van der Waals surface area contributed by atoms with Gasteiger partial charge in [0.1, 0.15) is 10.8 Å². The second-order valence-electron chi connectivity index (χ2n) is 1.96. The van der Waals surface area contributed by atoms with Crippen molar-refractivity contribution >= 4 is 54.7 Å². The lowest BCUT2D eigenvalue weighted by Crippen LogP contribution is -1.98. The molecule has 0 aromatic carbocycles. The fourth-order valence-corrected chi connectivity index (χ4v) is 1.37. The second-order valence-corrected chi connectivity index (χ2v) is 3.75. The number of rotatable bonds is 1. The summed E-state index contributed by atoms with van der Waals surface area (Å²) in [6.45, 7) is 0. The van der Waals surface area contributed by atoms with Gasteiger partial charge in [-0.15, -0.1) is 17.0 Å². The van der Waals surface area contributed by atoms with Crippen molar-refractivity contribution in [2.24, 2.45) is 0 Å². The molecule has 1 unspecified atom stereocenters. The molecule has 0 radical (unpaired) electrons. The summed E-state index contributed by atoms with van der Waals surface area (Å²) in [5.74, 6) is 0.331. The number of nitrogen functional groups attached to an aromatic ring is 1. The van der Waals surface area contributed by atoms with Crippen LogP contribution < -0.4 is 5.73 Å². The van der Waals surface area contributed by atoms with Crippen molar-refractivity contribution in [1.29, 1.82) is 0 Å². The Kier molecular flexibility index (Phi) is 5.31. The molecule has 1 aromatic heterocycles. The summed E-state index contributed by atoms with van der Waals surface area (Å²) in [7, 11) is 0. The highest BCUT2D eigenvalue weighted by Crippen LogP contribution is 2.25. The lowest BCUT2D eigenvalue weighted by atomic mass is 10.3. The van der Waals surface area contributed by atoms with E-state index in [2.05, 4.69) is 36.8 Å². The quantitative estimate of drug-likeness (QED) is 0.754. The number of nitrogens with zero attached hydrogens (tertiary/aromatic N) is 1. The zero-order chi connectivity index (χ0) is 8.43.